The van der Waals surface area contributed by atoms with Crippen molar-refractivity contribution in [1.82, 2.24) is 9.97 Å². The van der Waals surface area contributed by atoms with Crippen molar-refractivity contribution in [2.45, 2.75) is 50.2 Å². The number of piperidine rings is 1. The van der Waals surface area contributed by atoms with Crippen LogP contribution < -0.4 is 20.3 Å². The summed E-state index contributed by atoms with van der Waals surface area (Å²) in [7, 11) is -3.49. The van der Waals surface area contributed by atoms with Crippen LogP contribution in [-0.2, 0) is 10.0 Å². The lowest BCUT2D eigenvalue weighted by atomic mass is 9.92. The number of nitrogens with zero attached hydrogens (tertiary/aromatic N) is 3. The first kappa shape index (κ1) is 23.6. The molecule has 1 aliphatic carbocycles. The van der Waals surface area contributed by atoms with Crippen molar-refractivity contribution in [3.8, 4) is 0 Å². The van der Waals surface area contributed by atoms with Crippen molar-refractivity contribution in [3.05, 3.63) is 48.2 Å². The van der Waals surface area contributed by atoms with Crippen molar-refractivity contribution < 1.29 is 13.2 Å². The lowest BCUT2D eigenvalue weighted by Crippen LogP contribution is -2.35. The second kappa shape index (κ2) is 9.49. The fourth-order valence-electron chi connectivity index (χ4n) is 4.55. The molecule has 4 aliphatic rings. The Bertz CT molecular complexity index is 1230. The van der Waals surface area contributed by atoms with Crippen molar-refractivity contribution in [1.29, 1.82) is 0 Å². The SMILES string of the molecule is CC1(S(=O)(=O)Nc2ccc3c(c2)N2CCC(C/C=C\CCNc4nccc(n4)NC3=O)CC2)CC1. The number of nitrogens with one attached hydrogen (secondary N) is 3. The normalized spacial score (nSPS) is 21.3. The van der Waals surface area contributed by atoms with Crippen LogP contribution in [0.25, 0.3) is 0 Å². The molecule has 1 aromatic heterocycles. The number of amides is 1. The number of sulfonamides is 1. The molecule has 4 bridgehead atoms. The second-order valence-electron chi connectivity index (χ2n) is 9.86. The van der Waals surface area contributed by atoms with Crippen molar-refractivity contribution in [2.75, 3.05) is 39.9 Å². The van der Waals surface area contributed by atoms with Gasteiger partial charge in [-0.3, -0.25) is 9.52 Å². The predicted molar refractivity (Wildman–Crippen MR) is 138 cm³/mol. The average Bonchev–Trinajstić information content (AvgIpc) is 3.60. The Kier molecular flexibility index (Phi) is 6.39. The molecule has 0 unspecified atom stereocenters. The van der Waals surface area contributed by atoms with Crippen LogP contribution in [0.3, 0.4) is 0 Å². The summed E-state index contributed by atoms with van der Waals surface area (Å²) in [4.78, 5) is 24.2. The summed E-state index contributed by atoms with van der Waals surface area (Å²) in [5.74, 6) is 1.17. The zero-order valence-corrected chi connectivity index (χ0v) is 20.8. The summed E-state index contributed by atoms with van der Waals surface area (Å²) in [6.07, 6.45) is 11.3. The summed E-state index contributed by atoms with van der Waals surface area (Å²) < 4.78 is 27.7. The fourth-order valence-corrected chi connectivity index (χ4v) is 5.88. The summed E-state index contributed by atoms with van der Waals surface area (Å²) >= 11 is 0. The molecule has 3 N–H and O–H groups in total. The number of fused-ring (bicyclic) bond motifs is 7. The molecular weight excluding hydrogens is 464 g/mol. The lowest BCUT2D eigenvalue weighted by molar-refractivity contribution is 0.102. The first-order valence-electron chi connectivity index (χ1n) is 12.3. The van der Waals surface area contributed by atoms with E-state index >= 15 is 0 Å². The molecule has 4 heterocycles. The van der Waals surface area contributed by atoms with E-state index in [0.717, 1.165) is 44.5 Å². The van der Waals surface area contributed by atoms with E-state index < -0.39 is 14.8 Å². The Morgan fingerprint density at radius 1 is 1.14 bits per heavy atom. The molecule has 1 saturated carbocycles. The van der Waals surface area contributed by atoms with Gasteiger partial charge in [0.25, 0.3) is 5.91 Å². The van der Waals surface area contributed by atoms with Crippen molar-refractivity contribution in [3.63, 3.8) is 0 Å². The zero-order valence-electron chi connectivity index (χ0n) is 20.0. The number of anilines is 4. The highest BCUT2D eigenvalue weighted by atomic mass is 32.2. The Labute approximate surface area is 206 Å². The van der Waals surface area contributed by atoms with Crippen molar-refractivity contribution in [2.24, 2.45) is 5.92 Å². The van der Waals surface area contributed by atoms with E-state index in [1.807, 2.05) is 0 Å². The molecule has 1 amide bonds. The lowest BCUT2D eigenvalue weighted by Gasteiger charge is -2.34. The van der Waals surface area contributed by atoms with E-state index in [2.05, 4.69) is 42.4 Å². The smallest absolute Gasteiger partial charge is 0.258 e. The van der Waals surface area contributed by atoms with Crippen LogP contribution in [0.15, 0.2) is 42.6 Å². The van der Waals surface area contributed by atoms with Crippen molar-refractivity contribution >= 4 is 39.1 Å². The molecular formula is C25H32N6O3S. The summed E-state index contributed by atoms with van der Waals surface area (Å²) in [6.45, 7) is 4.10. The maximum atomic E-state index is 13.3. The monoisotopic (exact) mass is 496 g/mol. The molecule has 0 atom stereocenters. The Balaban J connectivity index is 1.47. The second-order valence-corrected chi connectivity index (χ2v) is 12.1. The van der Waals surface area contributed by atoms with Gasteiger partial charge in [0.05, 0.1) is 21.7 Å². The molecule has 2 aromatic rings. The van der Waals surface area contributed by atoms with Crippen LogP contribution in [-0.4, -0.2) is 48.7 Å². The molecule has 186 valence electrons. The summed E-state index contributed by atoms with van der Waals surface area (Å²) in [6, 6.07) is 6.80. The van der Waals surface area contributed by atoms with Gasteiger partial charge in [0.15, 0.2) is 0 Å². The van der Waals surface area contributed by atoms with Gasteiger partial charge < -0.3 is 15.5 Å². The molecule has 2 fully saturated rings. The largest absolute Gasteiger partial charge is 0.371 e. The molecule has 9 nitrogen and oxygen atoms in total. The molecule has 10 heteroatoms. The average molecular weight is 497 g/mol. The van der Waals surface area contributed by atoms with Gasteiger partial charge in [-0.1, -0.05) is 12.2 Å². The van der Waals surface area contributed by atoms with Gasteiger partial charge in [0, 0.05) is 25.8 Å². The molecule has 0 spiro atoms. The first-order valence-corrected chi connectivity index (χ1v) is 13.8. The summed E-state index contributed by atoms with van der Waals surface area (Å²) in [5, 5.41) is 6.08. The Hall–Kier alpha value is -3.14. The molecule has 0 radical (unpaired) electrons. The van der Waals surface area contributed by atoms with Gasteiger partial charge in [-0.05, 0) is 75.6 Å². The van der Waals surface area contributed by atoms with Crippen LogP contribution >= 0.6 is 0 Å². The molecule has 3 aliphatic heterocycles. The van der Waals surface area contributed by atoms with E-state index in [0.29, 0.717) is 48.3 Å². The maximum absolute atomic E-state index is 13.3. The van der Waals surface area contributed by atoms with E-state index in [1.54, 1.807) is 37.4 Å². The zero-order chi connectivity index (χ0) is 24.5. The maximum Gasteiger partial charge on any atom is 0.258 e. The van der Waals surface area contributed by atoms with Gasteiger partial charge in [-0.2, -0.15) is 4.98 Å². The highest BCUT2D eigenvalue weighted by Gasteiger charge is 2.50. The first-order chi connectivity index (χ1) is 16.8. The van der Waals surface area contributed by atoms with E-state index in [9.17, 15) is 13.2 Å². The number of carbonyl (C=O) groups excluding carboxylic acids is 1. The number of allylic oxidation sites excluding steroid dienone is 1. The molecule has 1 saturated heterocycles. The fraction of sp³-hybridized carbons (Fsp3) is 0.480. The quantitative estimate of drug-likeness (QED) is 0.550. The third kappa shape index (κ3) is 5.27. The number of hydrogen-bond donors (Lipinski definition) is 3. The van der Waals surface area contributed by atoms with Gasteiger partial charge in [0.1, 0.15) is 5.82 Å². The number of carbonyl (C=O) groups is 1. The van der Waals surface area contributed by atoms with Gasteiger partial charge in [-0.15, -0.1) is 0 Å². The standard InChI is InChI=1S/C25H32N6O3S/c1-25(11-12-25)35(33,34)30-19-6-7-20-21(17-19)31-15-9-18(10-16-31)5-3-2-4-13-26-24-27-14-8-22(29-24)28-23(20)32/h2-3,6-8,14,17-18,30H,4-5,9-13,15-16H2,1H3,(H2,26,27,28,29,32)/b3-2-. The minimum Gasteiger partial charge on any atom is -0.371 e. The number of hydrogen-bond acceptors (Lipinski definition) is 7. The van der Waals surface area contributed by atoms with Crippen LogP contribution in [0.1, 0.15) is 55.8 Å². The minimum absolute atomic E-state index is 0.290. The van der Waals surface area contributed by atoms with Crippen LogP contribution in [0.4, 0.5) is 23.1 Å². The number of benzene rings is 1. The van der Waals surface area contributed by atoms with Crippen LogP contribution in [0.5, 0.6) is 0 Å². The Morgan fingerprint density at radius 3 is 2.71 bits per heavy atom. The van der Waals surface area contributed by atoms with E-state index in [4.69, 9.17) is 0 Å². The van der Waals surface area contributed by atoms with E-state index in [1.165, 1.54) is 0 Å². The molecule has 1 aromatic carbocycles. The number of rotatable bonds is 3. The highest BCUT2D eigenvalue weighted by molar-refractivity contribution is 7.94. The Morgan fingerprint density at radius 2 is 1.94 bits per heavy atom. The topological polar surface area (TPSA) is 116 Å². The molecule has 6 rings (SSSR count). The summed E-state index contributed by atoms with van der Waals surface area (Å²) in [5.41, 5.74) is 1.70. The molecule has 35 heavy (non-hydrogen) atoms. The minimum atomic E-state index is -3.49. The number of aromatic nitrogens is 2. The van der Waals surface area contributed by atoms with Crippen LogP contribution in [0.2, 0.25) is 0 Å². The van der Waals surface area contributed by atoms with Crippen LogP contribution in [0, 0.1) is 5.92 Å². The van der Waals surface area contributed by atoms with Gasteiger partial charge in [0.2, 0.25) is 16.0 Å². The van der Waals surface area contributed by atoms with Gasteiger partial charge >= 0.3 is 0 Å². The van der Waals surface area contributed by atoms with E-state index in [-0.39, 0.29) is 5.91 Å². The van der Waals surface area contributed by atoms with Gasteiger partial charge in [-0.25, -0.2) is 13.4 Å². The predicted octanol–water partition coefficient (Wildman–Crippen LogP) is 4.00. The highest BCUT2D eigenvalue weighted by Crippen LogP contribution is 2.43. The third-order valence-corrected chi connectivity index (χ3v) is 9.39. The third-order valence-electron chi connectivity index (χ3n) is 7.18.